The highest BCUT2D eigenvalue weighted by molar-refractivity contribution is 6.33. The van der Waals surface area contributed by atoms with E-state index < -0.39 is 64.4 Å². The van der Waals surface area contributed by atoms with Crippen molar-refractivity contribution in [3.05, 3.63) is 64.2 Å². The Kier molecular flexibility index (Phi) is 6.19. The normalized spacial score (nSPS) is 31.2. The molecule has 0 aromatic heterocycles. The summed E-state index contributed by atoms with van der Waals surface area (Å²) in [6, 6.07) is 9.36. The van der Waals surface area contributed by atoms with Crippen molar-refractivity contribution < 1.29 is 34.2 Å². The van der Waals surface area contributed by atoms with Crippen LogP contribution in [0.25, 0.3) is 11.6 Å². The summed E-state index contributed by atoms with van der Waals surface area (Å²) >= 11 is 0. The van der Waals surface area contributed by atoms with Gasteiger partial charge in [0.15, 0.2) is 34.7 Å². The summed E-state index contributed by atoms with van der Waals surface area (Å²) in [6.07, 6.45) is 1.79. The van der Waals surface area contributed by atoms with Gasteiger partial charge in [-0.1, -0.05) is 47.5 Å². The number of hydrogen-bond donors (Lipinski definition) is 3. The number of aryl methyl sites for hydroxylation is 2. The molecule has 0 heterocycles. The van der Waals surface area contributed by atoms with Gasteiger partial charge in [-0.2, -0.15) is 0 Å². The lowest BCUT2D eigenvalue weighted by molar-refractivity contribution is -0.180. The van der Waals surface area contributed by atoms with Crippen molar-refractivity contribution in [3.8, 4) is 5.75 Å². The van der Waals surface area contributed by atoms with E-state index in [1.54, 1.807) is 26.2 Å². The van der Waals surface area contributed by atoms with Gasteiger partial charge in [0, 0.05) is 11.8 Å². The van der Waals surface area contributed by atoms with E-state index in [0.717, 1.165) is 16.7 Å². The Morgan fingerprint density at radius 1 is 1.05 bits per heavy atom. The SMILES string of the molecule is Cc1cc(C)cc(C=C2c3cccc(O)c3C(=O)C3C(=O)[C@]4(O)C(=O)C(C(N)=O)C(=O)[C@@H](N(C)C)[C@@H]4C[C@H]23)c1. The van der Waals surface area contributed by atoms with Crippen LogP contribution in [-0.4, -0.2) is 69.9 Å². The first-order valence-corrected chi connectivity index (χ1v) is 12.8. The average molecular weight is 531 g/mol. The summed E-state index contributed by atoms with van der Waals surface area (Å²) < 4.78 is 0. The second-order valence-corrected chi connectivity index (χ2v) is 11.2. The second-order valence-electron chi connectivity index (χ2n) is 11.2. The minimum atomic E-state index is -2.77. The molecule has 2 aromatic rings. The zero-order valence-corrected chi connectivity index (χ0v) is 22.1. The lowest BCUT2D eigenvalue weighted by Gasteiger charge is -2.53. The van der Waals surface area contributed by atoms with E-state index in [4.69, 9.17) is 5.73 Å². The van der Waals surface area contributed by atoms with Gasteiger partial charge in [-0.05, 0) is 57.1 Å². The predicted octanol–water partition coefficient (Wildman–Crippen LogP) is 1.48. The van der Waals surface area contributed by atoms with Crippen LogP contribution in [0.15, 0.2) is 36.4 Å². The van der Waals surface area contributed by atoms with Crippen molar-refractivity contribution in [1.82, 2.24) is 4.90 Å². The van der Waals surface area contributed by atoms with Gasteiger partial charge in [0.05, 0.1) is 17.5 Å². The minimum Gasteiger partial charge on any atom is -0.507 e. The van der Waals surface area contributed by atoms with Crippen LogP contribution in [0, 0.1) is 37.5 Å². The molecule has 0 spiro atoms. The summed E-state index contributed by atoms with van der Waals surface area (Å²) in [5, 5.41) is 22.5. The molecule has 3 aliphatic carbocycles. The van der Waals surface area contributed by atoms with Gasteiger partial charge in [-0.3, -0.25) is 28.9 Å². The average Bonchev–Trinajstić information content (AvgIpc) is 2.82. The number of nitrogens with two attached hydrogens (primary N) is 1. The number of phenolic OH excluding ortho intramolecular Hbond substituents is 1. The number of hydrogen-bond acceptors (Lipinski definition) is 8. The number of likely N-dealkylation sites (N-methyl/N-ethyl adjacent to an activating group) is 1. The summed E-state index contributed by atoms with van der Waals surface area (Å²) in [5.41, 5.74) is 6.39. The molecular formula is C30H30N2O7. The van der Waals surface area contributed by atoms with Crippen molar-refractivity contribution in [2.24, 2.45) is 29.4 Å². The van der Waals surface area contributed by atoms with E-state index in [9.17, 15) is 34.2 Å². The Labute approximate surface area is 225 Å². The molecule has 2 fully saturated rings. The number of nitrogens with zero attached hydrogens (tertiary/aromatic N) is 1. The number of aromatic hydroxyl groups is 1. The highest BCUT2D eigenvalue weighted by atomic mass is 16.3. The number of benzene rings is 2. The molecule has 3 aliphatic rings. The predicted molar refractivity (Wildman–Crippen MR) is 141 cm³/mol. The summed E-state index contributed by atoms with van der Waals surface area (Å²) in [6.45, 7) is 3.89. The highest BCUT2D eigenvalue weighted by Crippen LogP contribution is 2.54. The van der Waals surface area contributed by atoms with E-state index >= 15 is 0 Å². The third-order valence-electron chi connectivity index (χ3n) is 8.39. The van der Waals surface area contributed by atoms with Crippen LogP contribution in [0.5, 0.6) is 5.75 Å². The molecule has 6 atom stereocenters. The van der Waals surface area contributed by atoms with Gasteiger partial charge in [-0.15, -0.1) is 0 Å². The van der Waals surface area contributed by atoms with Crippen molar-refractivity contribution in [3.63, 3.8) is 0 Å². The third-order valence-corrected chi connectivity index (χ3v) is 8.39. The Balaban J connectivity index is 1.76. The van der Waals surface area contributed by atoms with Crippen LogP contribution in [0.1, 0.15) is 39.0 Å². The van der Waals surface area contributed by atoms with Crippen molar-refractivity contribution in [1.29, 1.82) is 0 Å². The summed E-state index contributed by atoms with van der Waals surface area (Å²) in [7, 11) is 3.11. The second kappa shape index (κ2) is 9.07. The number of phenols is 1. The molecule has 39 heavy (non-hydrogen) atoms. The lowest BCUT2D eigenvalue weighted by Crippen LogP contribution is -2.74. The molecule has 5 rings (SSSR count). The molecule has 0 bridgehead atoms. The molecule has 2 unspecified atom stereocenters. The molecule has 0 aliphatic heterocycles. The summed E-state index contributed by atoms with van der Waals surface area (Å²) in [4.78, 5) is 68.4. The number of Topliss-reactive ketones (excluding diaryl/α,β-unsaturated/α-hetero) is 4. The number of rotatable bonds is 3. The first kappa shape index (κ1) is 26.6. The van der Waals surface area contributed by atoms with Crippen molar-refractivity contribution in [2.45, 2.75) is 31.9 Å². The number of ketones is 4. The number of aliphatic hydroxyl groups is 1. The number of amides is 1. The van der Waals surface area contributed by atoms with E-state index in [1.165, 1.54) is 11.0 Å². The maximum Gasteiger partial charge on any atom is 0.235 e. The van der Waals surface area contributed by atoms with Gasteiger partial charge >= 0.3 is 0 Å². The van der Waals surface area contributed by atoms with Crippen LogP contribution < -0.4 is 5.73 Å². The van der Waals surface area contributed by atoms with Crippen LogP contribution in [0.4, 0.5) is 0 Å². The Bertz CT molecular complexity index is 1490. The molecular weight excluding hydrogens is 500 g/mol. The van der Waals surface area contributed by atoms with Gasteiger partial charge in [0.1, 0.15) is 5.75 Å². The van der Waals surface area contributed by atoms with E-state index in [1.807, 2.05) is 38.1 Å². The topological polar surface area (TPSA) is 155 Å². The highest BCUT2D eigenvalue weighted by Gasteiger charge is 2.69. The molecule has 202 valence electrons. The smallest absolute Gasteiger partial charge is 0.235 e. The maximum atomic E-state index is 14.1. The lowest BCUT2D eigenvalue weighted by atomic mass is 9.51. The minimum absolute atomic E-state index is 0.0593. The van der Waals surface area contributed by atoms with Crippen LogP contribution in [0.2, 0.25) is 0 Å². The molecule has 2 aromatic carbocycles. The number of fused-ring (bicyclic) bond motifs is 3. The monoisotopic (exact) mass is 530 g/mol. The molecule has 9 nitrogen and oxygen atoms in total. The number of primary amides is 1. The molecule has 2 saturated carbocycles. The summed E-state index contributed by atoms with van der Waals surface area (Å²) in [5.74, 6) is -11.0. The fourth-order valence-electron chi connectivity index (χ4n) is 6.91. The van der Waals surface area contributed by atoms with Gasteiger partial charge in [0.2, 0.25) is 5.91 Å². The molecule has 0 radical (unpaired) electrons. The molecule has 4 N–H and O–H groups in total. The largest absolute Gasteiger partial charge is 0.507 e. The fourth-order valence-corrected chi connectivity index (χ4v) is 6.91. The van der Waals surface area contributed by atoms with E-state index in [2.05, 4.69) is 0 Å². The van der Waals surface area contributed by atoms with Crippen LogP contribution >= 0.6 is 0 Å². The van der Waals surface area contributed by atoms with Gasteiger partial charge in [0.25, 0.3) is 0 Å². The van der Waals surface area contributed by atoms with Gasteiger partial charge < -0.3 is 15.9 Å². The van der Waals surface area contributed by atoms with Crippen molar-refractivity contribution in [2.75, 3.05) is 14.1 Å². The number of carbonyl (C=O) groups excluding carboxylic acids is 5. The van der Waals surface area contributed by atoms with E-state index in [-0.39, 0.29) is 17.7 Å². The zero-order valence-electron chi connectivity index (χ0n) is 22.1. The first-order chi connectivity index (χ1) is 18.3. The Morgan fingerprint density at radius 2 is 1.69 bits per heavy atom. The standard InChI is InChI=1S/C30H30N2O7/c1-13-8-14(2)10-15(9-13)11-17-16-6-5-7-20(33)21(16)25(34)22-18(17)12-19-24(32(3)4)26(35)23(29(31)38)28(37)30(19,39)27(22)36/h5-11,18-19,22-24,33,39H,12H2,1-4H3,(H2,31,38)/t18-,19+,22?,23?,24+,30+/m1/s1. The number of allylic oxidation sites excluding steroid dienone is 1. The zero-order chi connectivity index (χ0) is 28.5. The molecule has 0 saturated heterocycles. The Morgan fingerprint density at radius 3 is 2.28 bits per heavy atom. The third kappa shape index (κ3) is 3.79. The van der Waals surface area contributed by atoms with E-state index in [0.29, 0.717) is 11.1 Å². The molecule has 9 heteroatoms. The van der Waals surface area contributed by atoms with Crippen LogP contribution in [-0.2, 0) is 19.2 Å². The number of carbonyl (C=O) groups is 5. The maximum absolute atomic E-state index is 14.1. The molecule has 1 amide bonds. The quantitative estimate of drug-likeness (QED) is 0.504. The first-order valence-electron chi connectivity index (χ1n) is 12.8. The Hall–Kier alpha value is -3.95. The van der Waals surface area contributed by atoms with Gasteiger partial charge in [-0.25, -0.2) is 0 Å². The van der Waals surface area contributed by atoms with Crippen molar-refractivity contribution >= 4 is 40.7 Å². The van der Waals surface area contributed by atoms with Crippen LogP contribution in [0.3, 0.4) is 0 Å². The fraction of sp³-hybridized carbons (Fsp3) is 0.367.